The summed E-state index contributed by atoms with van der Waals surface area (Å²) < 4.78 is 34.6. The number of aryl methyl sites for hydroxylation is 2. The van der Waals surface area contributed by atoms with Gasteiger partial charge in [0.25, 0.3) is 0 Å². The fraction of sp³-hybridized carbons (Fsp3) is 0.357. The molecule has 41 heavy (non-hydrogen) atoms. The third-order valence-electron chi connectivity index (χ3n) is 3.62. The van der Waals surface area contributed by atoms with Crippen LogP contribution in [0.5, 0.6) is 11.5 Å². The van der Waals surface area contributed by atoms with E-state index in [0.717, 1.165) is 20.6 Å². The summed E-state index contributed by atoms with van der Waals surface area (Å²) in [6.45, 7) is 14.5. The minimum Gasteiger partial charge on any atom is -0.428 e. The Morgan fingerprint density at radius 2 is 1.46 bits per heavy atom. The van der Waals surface area contributed by atoms with E-state index in [0.29, 0.717) is 25.0 Å². The van der Waals surface area contributed by atoms with Crippen molar-refractivity contribution in [3.8, 4) is 35.5 Å². The highest BCUT2D eigenvalue weighted by atomic mass is 127. The molecule has 0 fully saturated rings. The number of hydrogen-bond acceptors (Lipinski definition) is 7. The van der Waals surface area contributed by atoms with Gasteiger partial charge >= 0.3 is 12.3 Å². The molecule has 2 aromatic carbocycles. The number of ether oxygens (including phenoxy) is 4. The number of halogens is 3. The first-order valence-electron chi connectivity index (χ1n) is 12.3. The molecule has 0 heterocycles. The summed E-state index contributed by atoms with van der Waals surface area (Å²) in [6.07, 6.45) is 5.47. The Balaban J connectivity index is 0. The summed E-state index contributed by atoms with van der Waals surface area (Å²) in [5, 5.41) is 2.43. The topological polar surface area (TPSA) is 71.1 Å². The zero-order valence-electron chi connectivity index (χ0n) is 25.8. The first kappa shape index (κ1) is 38.2. The van der Waals surface area contributed by atoms with Gasteiger partial charge in [-0.25, -0.2) is 9.59 Å². The molecule has 0 aliphatic rings. The second-order valence-corrected chi connectivity index (χ2v) is 21.1. The Labute approximate surface area is 291 Å². The van der Waals surface area contributed by atoms with E-state index in [1.54, 1.807) is 59.7 Å². The second-order valence-electron chi connectivity index (χ2n) is 9.62. The van der Waals surface area contributed by atoms with Gasteiger partial charge < -0.3 is 18.9 Å². The Bertz CT molecular complexity index is 1370. The van der Waals surface area contributed by atoms with Crippen LogP contribution in [0.15, 0.2) is 40.9 Å². The first-order valence-corrected chi connectivity index (χ1v) is 21.7. The molecule has 0 spiro atoms. The number of carbonyl (C=O) groups is 2. The maximum atomic E-state index is 11.6. The highest BCUT2D eigenvalue weighted by Crippen LogP contribution is 2.26. The van der Waals surface area contributed by atoms with E-state index in [1.165, 1.54) is 0 Å². The average Bonchev–Trinajstić information content (AvgIpc) is 2.86. The summed E-state index contributed by atoms with van der Waals surface area (Å²) in [7, 11) is 0.409. The molecule has 6 nitrogen and oxygen atoms in total. The number of carbonyl (C=O) groups excluding carboxylic acids is 2. The SMILES string of the molecule is Cc1ccc(Br)c(OC(=O)OC(C)(C)C)c1.S=PI.[3H]C#Cc1ccc(C)cc1OC(=O)OC(C)(C)C.[3H]P=S(I)C#C. The van der Waals surface area contributed by atoms with Crippen LogP contribution < -0.4 is 9.47 Å². The van der Waals surface area contributed by atoms with Crippen LogP contribution in [0.3, 0.4) is 0 Å². The smallest absolute Gasteiger partial charge is 0.428 e. The minimum absolute atomic E-state index is 0.147. The molecular weight excluding hydrogens is 892 g/mol. The van der Waals surface area contributed by atoms with Crippen molar-refractivity contribution in [1.82, 2.24) is 0 Å². The molecule has 2 aromatic rings. The normalized spacial score (nSPS) is 11.4. The lowest BCUT2D eigenvalue weighted by Gasteiger charge is -2.19. The molecule has 2 rings (SSSR count). The van der Waals surface area contributed by atoms with Crippen LogP contribution in [0.25, 0.3) is 0 Å². The van der Waals surface area contributed by atoms with E-state index in [9.17, 15) is 9.59 Å². The van der Waals surface area contributed by atoms with Crippen LogP contribution in [0.1, 0.15) is 59.6 Å². The molecule has 1 atom stereocenters. The lowest BCUT2D eigenvalue weighted by Crippen LogP contribution is -2.26. The lowest BCUT2D eigenvalue weighted by molar-refractivity contribution is 0.0192. The van der Waals surface area contributed by atoms with E-state index in [4.69, 9.17) is 28.0 Å². The van der Waals surface area contributed by atoms with Crippen molar-refractivity contribution in [2.75, 3.05) is 0 Å². The molecule has 0 bridgehead atoms. The fourth-order valence-corrected chi connectivity index (χ4v) is 2.55. The molecule has 0 aromatic heterocycles. The van der Waals surface area contributed by atoms with Crippen molar-refractivity contribution >= 4 is 103 Å². The Hall–Kier alpha value is -0.790. The van der Waals surface area contributed by atoms with E-state index < -0.39 is 23.5 Å². The van der Waals surface area contributed by atoms with Crippen molar-refractivity contribution in [3.63, 3.8) is 0 Å². The molecule has 0 N–H and O–H groups in total. The van der Waals surface area contributed by atoms with Crippen LogP contribution in [-0.4, -0.2) is 24.8 Å². The molecule has 224 valence electrons. The van der Waals surface area contributed by atoms with Crippen molar-refractivity contribution < 1.29 is 29.9 Å². The van der Waals surface area contributed by atoms with E-state index in [1.807, 2.05) is 38.4 Å². The van der Waals surface area contributed by atoms with Gasteiger partial charge in [0.15, 0.2) is 0 Å². The molecule has 0 saturated carbocycles. The Kier molecular flexibility index (Phi) is 20.4. The predicted molar refractivity (Wildman–Crippen MR) is 199 cm³/mol. The first-order chi connectivity index (χ1) is 19.8. The molecule has 0 amide bonds. The minimum atomic E-state index is -0.777. The summed E-state index contributed by atoms with van der Waals surface area (Å²) in [4.78, 5) is 24.0. The summed E-state index contributed by atoms with van der Waals surface area (Å²) in [5.41, 5.74) is 1.28. The van der Waals surface area contributed by atoms with Gasteiger partial charge in [-0.3, -0.25) is 0 Å². The highest BCUT2D eigenvalue weighted by Gasteiger charge is 2.20. The van der Waals surface area contributed by atoms with Gasteiger partial charge in [-0.15, -0.1) is 12.8 Å². The monoisotopic (exact) mass is 928 g/mol. The zero-order chi connectivity index (χ0) is 33.8. The predicted octanol–water partition coefficient (Wildman–Crippen LogP) is 10.7. The molecule has 0 aliphatic carbocycles. The number of terminal acetylenes is 2. The summed E-state index contributed by atoms with van der Waals surface area (Å²) in [6, 6.07) is 10.7. The van der Waals surface area contributed by atoms with E-state index in [2.05, 4.69) is 82.2 Å². The third-order valence-corrected chi connectivity index (χ3v) is 5.55. The summed E-state index contributed by atoms with van der Waals surface area (Å²) in [5.74, 6) is 3.33. The van der Waals surface area contributed by atoms with Gasteiger partial charge in [0.05, 0.1) is 10.0 Å². The highest BCUT2D eigenvalue weighted by molar-refractivity contribution is 14.2. The van der Waals surface area contributed by atoms with Crippen LogP contribution in [-0.2, 0) is 28.5 Å². The van der Waals surface area contributed by atoms with Crippen molar-refractivity contribution in [2.24, 2.45) is 0 Å². The fourth-order valence-electron chi connectivity index (χ4n) is 2.23. The van der Waals surface area contributed by atoms with E-state index in [-0.39, 0.29) is 7.24 Å². The Morgan fingerprint density at radius 3 is 1.85 bits per heavy atom. The standard InChI is InChI=1S/C14H16O3.C12H15BrO3.C2H2IPS.IPS/c1-6-11-8-7-10(2)9-12(11)16-13(15)17-14(3,4)5;1-8-5-6-9(13)10(7-8)15-11(14)16-12(2,3)4;1-2-5(3)4;1-2-3/h1,7-9H,2-5H3;5-7H,1-4H3;1,4H;/i1T;;4T;. The van der Waals surface area contributed by atoms with Crippen molar-refractivity contribution in [3.05, 3.63) is 57.6 Å². The van der Waals surface area contributed by atoms with Crippen LogP contribution in [0, 0.1) is 37.8 Å². The molecule has 0 aliphatic heterocycles. The van der Waals surface area contributed by atoms with Gasteiger partial charge in [-0.1, -0.05) is 26.0 Å². The number of rotatable bonds is 2. The quantitative estimate of drug-likeness (QED) is 0.0977. The van der Waals surface area contributed by atoms with Crippen molar-refractivity contribution in [2.45, 2.75) is 66.6 Å². The largest absolute Gasteiger partial charge is 0.514 e. The van der Waals surface area contributed by atoms with E-state index >= 15 is 0 Å². The van der Waals surface area contributed by atoms with Crippen molar-refractivity contribution in [1.29, 1.82) is 1.28 Å². The molecule has 13 heteroatoms. The Morgan fingerprint density at radius 1 is 1.02 bits per heavy atom. The van der Waals surface area contributed by atoms with Gasteiger partial charge in [-0.05, 0) is 153 Å². The maximum absolute atomic E-state index is 11.6. The van der Waals surface area contributed by atoms with Crippen LogP contribution in [0.2, 0.25) is 0 Å². The molecule has 0 saturated heterocycles. The van der Waals surface area contributed by atoms with Crippen LogP contribution in [0.4, 0.5) is 9.59 Å². The second kappa shape index (κ2) is 21.8. The van der Waals surface area contributed by atoms with Gasteiger partial charge in [0.1, 0.15) is 25.4 Å². The lowest BCUT2D eigenvalue weighted by atomic mass is 10.1. The number of benzene rings is 2. The number of hydrogen-bond donors (Lipinski definition) is 0. The van der Waals surface area contributed by atoms with Gasteiger partial charge in [0.2, 0.25) is 0 Å². The molecule has 1 unspecified atom stereocenters. The zero-order valence-corrected chi connectivity index (χ0v) is 33.2. The third kappa shape index (κ3) is 24.4. The van der Waals surface area contributed by atoms with Crippen LogP contribution >= 0.6 is 72.1 Å². The van der Waals surface area contributed by atoms with Gasteiger partial charge in [0, 0.05) is 26.2 Å². The average molecular weight is 929 g/mol. The molecular formula is C28H33BrI2O6P2S2. The maximum Gasteiger partial charge on any atom is 0.514 e. The summed E-state index contributed by atoms with van der Waals surface area (Å²) >= 11 is 11.8. The molecule has 0 radical (unpaired) electrons. The van der Waals surface area contributed by atoms with Gasteiger partial charge in [-0.2, -0.15) is 0 Å².